The number of pyridine rings is 1. The van der Waals surface area contributed by atoms with Gasteiger partial charge in [0.1, 0.15) is 0 Å². The number of nitrogens with one attached hydrogen (secondary N) is 1. The number of rotatable bonds is 6. The van der Waals surface area contributed by atoms with Gasteiger partial charge in [-0.05, 0) is 43.5 Å². The molecule has 1 aromatic rings. The molecule has 116 valence electrons. The first kappa shape index (κ1) is 15.9. The van der Waals surface area contributed by atoms with Crippen LogP contribution in [-0.4, -0.2) is 41.5 Å². The highest BCUT2D eigenvalue weighted by Crippen LogP contribution is 2.20. The van der Waals surface area contributed by atoms with E-state index in [4.69, 9.17) is 5.73 Å². The van der Waals surface area contributed by atoms with E-state index in [2.05, 4.69) is 28.2 Å². The van der Waals surface area contributed by atoms with E-state index in [-0.39, 0.29) is 5.91 Å². The van der Waals surface area contributed by atoms with E-state index in [0.717, 1.165) is 26.1 Å². The van der Waals surface area contributed by atoms with Crippen molar-refractivity contribution in [3.8, 4) is 0 Å². The van der Waals surface area contributed by atoms with Crippen LogP contribution < -0.4 is 11.1 Å². The molecule has 1 unspecified atom stereocenters. The summed E-state index contributed by atoms with van der Waals surface area (Å²) in [7, 11) is 0. The fourth-order valence-corrected chi connectivity index (χ4v) is 2.83. The fourth-order valence-electron chi connectivity index (χ4n) is 2.83. The summed E-state index contributed by atoms with van der Waals surface area (Å²) in [6.07, 6.45) is 7.80. The summed E-state index contributed by atoms with van der Waals surface area (Å²) in [5.74, 6) is 0.0561. The highest BCUT2D eigenvalue weighted by atomic mass is 16.1. The first-order valence-electron chi connectivity index (χ1n) is 7.81. The van der Waals surface area contributed by atoms with Crippen LogP contribution in [0, 0.1) is 6.92 Å². The first-order chi connectivity index (χ1) is 10.2. The molecular weight excluding hydrogens is 264 g/mol. The Kier molecular flexibility index (Phi) is 6.14. The molecule has 0 aliphatic carbocycles. The first-order valence-corrected chi connectivity index (χ1v) is 7.81. The molecule has 1 fully saturated rings. The van der Waals surface area contributed by atoms with Gasteiger partial charge >= 0.3 is 0 Å². The van der Waals surface area contributed by atoms with Gasteiger partial charge in [-0.3, -0.25) is 14.7 Å². The Hall–Kier alpha value is -1.46. The summed E-state index contributed by atoms with van der Waals surface area (Å²) in [6.45, 7) is 5.26. The third kappa shape index (κ3) is 4.79. The van der Waals surface area contributed by atoms with E-state index in [1.807, 2.05) is 12.4 Å². The number of nitrogens with zero attached hydrogens (tertiary/aromatic N) is 2. The Morgan fingerprint density at radius 1 is 1.52 bits per heavy atom. The van der Waals surface area contributed by atoms with Crippen molar-refractivity contribution in [1.29, 1.82) is 0 Å². The number of aryl methyl sites for hydroxylation is 1. The molecule has 21 heavy (non-hydrogen) atoms. The van der Waals surface area contributed by atoms with E-state index < -0.39 is 0 Å². The average molecular weight is 290 g/mol. The summed E-state index contributed by atoms with van der Waals surface area (Å²) in [4.78, 5) is 18.3. The predicted octanol–water partition coefficient (Wildman–Crippen LogP) is 1.21. The van der Waals surface area contributed by atoms with Gasteiger partial charge in [0.05, 0.1) is 0 Å². The zero-order valence-corrected chi connectivity index (χ0v) is 12.8. The summed E-state index contributed by atoms with van der Waals surface area (Å²) in [5.41, 5.74) is 7.96. The second kappa shape index (κ2) is 8.10. The number of hydrogen-bond donors (Lipinski definition) is 2. The van der Waals surface area contributed by atoms with Crippen molar-refractivity contribution in [2.24, 2.45) is 5.73 Å². The SMILES string of the molecule is Cc1ccncc1CN1CCCCC1CNC(=O)CCN. The maximum absolute atomic E-state index is 11.6. The van der Waals surface area contributed by atoms with Gasteiger partial charge in [0.25, 0.3) is 0 Å². The van der Waals surface area contributed by atoms with E-state index in [1.165, 1.54) is 24.0 Å². The van der Waals surface area contributed by atoms with Crippen LogP contribution in [0.2, 0.25) is 0 Å². The van der Waals surface area contributed by atoms with E-state index in [1.54, 1.807) is 0 Å². The molecular formula is C16H26N4O. The number of amides is 1. The monoisotopic (exact) mass is 290 g/mol. The molecule has 0 bridgehead atoms. The zero-order valence-electron chi connectivity index (χ0n) is 12.8. The van der Waals surface area contributed by atoms with Gasteiger partial charge in [-0.15, -0.1) is 0 Å². The second-order valence-electron chi connectivity index (χ2n) is 5.76. The molecule has 0 saturated carbocycles. The fraction of sp³-hybridized carbons (Fsp3) is 0.625. The summed E-state index contributed by atoms with van der Waals surface area (Å²) < 4.78 is 0. The minimum Gasteiger partial charge on any atom is -0.354 e. The molecule has 5 heteroatoms. The molecule has 1 atom stereocenters. The second-order valence-corrected chi connectivity index (χ2v) is 5.76. The molecule has 3 N–H and O–H groups in total. The lowest BCUT2D eigenvalue weighted by Crippen LogP contribution is -2.46. The quantitative estimate of drug-likeness (QED) is 0.826. The van der Waals surface area contributed by atoms with Crippen molar-refractivity contribution in [3.63, 3.8) is 0 Å². The van der Waals surface area contributed by atoms with Gasteiger partial charge in [0, 0.05) is 44.5 Å². The van der Waals surface area contributed by atoms with E-state index in [0.29, 0.717) is 19.0 Å². The van der Waals surface area contributed by atoms with Crippen LogP contribution in [-0.2, 0) is 11.3 Å². The lowest BCUT2D eigenvalue weighted by atomic mass is 10.0. The number of hydrogen-bond acceptors (Lipinski definition) is 4. The van der Waals surface area contributed by atoms with Gasteiger partial charge in [-0.2, -0.15) is 0 Å². The minimum atomic E-state index is 0.0561. The molecule has 0 radical (unpaired) electrons. The van der Waals surface area contributed by atoms with Crippen molar-refractivity contribution in [3.05, 3.63) is 29.6 Å². The maximum atomic E-state index is 11.6. The van der Waals surface area contributed by atoms with Crippen molar-refractivity contribution in [2.75, 3.05) is 19.6 Å². The van der Waals surface area contributed by atoms with Crippen molar-refractivity contribution < 1.29 is 4.79 Å². The minimum absolute atomic E-state index is 0.0561. The molecule has 2 rings (SSSR count). The van der Waals surface area contributed by atoms with Crippen LogP contribution in [0.1, 0.15) is 36.8 Å². The van der Waals surface area contributed by atoms with E-state index >= 15 is 0 Å². The number of aromatic nitrogens is 1. The highest BCUT2D eigenvalue weighted by Gasteiger charge is 2.23. The Labute approximate surface area is 126 Å². The van der Waals surface area contributed by atoms with Gasteiger partial charge in [0.2, 0.25) is 5.91 Å². The Morgan fingerprint density at radius 2 is 2.38 bits per heavy atom. The van der Waals surface area contributed by atoms with Gasteiger partial charge in [-0.1, -0.05) is 6.42 Å². The Morgan fingerprint density at radius 3 is 3.14 bits per heavy atom. The number of nitrogens with two attached hydrogens (primary N) is 1. The molecule has 1 saturated heterocycles. The zero-order chi connectivity index (χ0) is 15.1. The highest BCUT2D eigenvalue weighted by molar-refractivity contribution is 5.76. The predicted molar refractivity (Wildman–Crippen MR) is 83.7 cm³/mol. The van der Waals surface area contributed by atoms with Gasteiger partial charge in [-0.25, -0.2) is 0 Å². The maximum Gasteiger partial charge on any atom is 0.221 e. The molecule has 1 aromatic heterocycles. The Bertz CT molecular complexity index is 463. The molecule has 2 heterocycles. The third-order valence-corrected chi connectivity index (χ3v) is 4.18. The van der Waals surface area contributed by atoms with Crippen molar-refractivity contribution in [1.82, 2.24) is 15.2 Å². The lowest BCUT2D eigenvalue weighted by Gasteiger charge is -2.36. The molecule has 0 spiro atoms. The molecule has 5 nitrogen and oxygen atoms in total. The van der Waals surface area contributed by atoms with Gasteiger partial charge < -0.3 is 11.1 Å². The van der Waals surface area contributed by atoms with Crippen molar-refractivity contribution >= 4 is 5.91 Å². The summed E-state index contributed by atoms with van der Waals surface area (Å²) in [5, 5.41) is 3.01. The molecule has 0 aromatic carbocycles. The van der Waals surface area contributed by atoms with Crippen LogP contribution in [0.3, 0.4) is 0 Å². The average Bonchev–Trinajstić information content (AvgIpc) is 2.49. The Balaban J connectivity index is 1.92. The van der Waals surface area contributed by atoms with E-state index in [9.17, 15) is 4.79 Å². The van der Waals surface area contributed by atoms with Crippen LogP contribution in [0.4, 0.5) is 0 Å². The number of piperidine rings is 1. The normalized spacial score (nSPS) is 19.4. The summed E-state index contributed by atoms with van der Waals surface area (Å²) in [6, 6.07) is 2.47. The molecule has 1 aliphatic rings. The lowest BCUT2D eigenvalue weighted by molar-refractivity contribution is -0.121. The number of likely N-dealkylation sites (tertiary alicyclic amines) is 1. The smallest absolute Gasteiger partial charge is 0.221 e. The van der Waals surface area contributed by atoms with Crippen LogP contribution in [0.5, 0.6) is 0 Å². The largest absolute Gasteiger partial charge is 0.354 e. The van der Waals surface area contributed by atoms with Crippen LogP contribution in [0.25, 0.3) is 0 Å². The van der Waals surface area contributed by atoms with Crippen LogP contribution in [0.15, 0.2) is 18.5 Å². The molecule has 1 amide bonds. The summed E-state index contributed by atoms with van der Waals surface area (Å²) >= 11 is 0. The molecule has 1 aliphatic heterocycles. The standard InChI is InChI=1S/C16H26N4O/c1-13-6-8-18-10-14(13)12-20-9-3-2-4-15(20)11-19-16(21)5-7-17/h6,8,10,15H,2-5,7,9,11-12,17H2,1H3,(H,19,21). The van der Waals surface area contributed by atoms with Gasteiger partial charge in [0.15, 0.2) is 0 Å². The topological polar surface area (TPSA) is 71.2 Å². The third-order valence-electron chi connectivity index (χ3n) is 4.18. The van der Waals surface area contributed by atoms with Crippen molar-refractivity contribution in [2.45, 2.75) is 45.2 Å². The van der Waals surface area contributed by atoms with Crippen LogP contribution >= 0.6 is 0 Å². The number of carbonyl (C=O) groups excluding carboxylic acids is 1. The number of carbonyl (C=O) groups is 1.